The number of cyclic esters (lactones) is 1. The van der Waals surface area contributed by atoms with E-state index < -0.39 is 35.2 Å². The van der Waals surface area contributed by atoms with Crippen LogP contribution in [0.1, 0.15) is 66.7 Å². The molecule has 0 radical (unpaired) electrons. The summed E-state index contributed by atoms with van der Waals surface area (Å²) in [4.78, 5) is 36.5. The number of allylic oxidation sites excluding steroid dienone is 1. The van der Waals surface area contributed by atoms with E-state index in [1.165, 1.54) is 13.0 Å². The maximum absolute atomic E-state index is 12.8. The lowest BCUT2D eigenvalue weighted by molar-refractivity contribution is -0.222. The summed E-state index contributed by atoms with van der Waals surface area (Å²) < 4.78 is 22.8. The van der Waals surface area contributed by atoms with Gasteiger partial charge in [0.15, 0.2) is 0 Å². The van der Waals surface area contributed by atoms with Crippen LogP contribution in [0.2, 0.25) is 0 Å². The Hall–Kier alpha value is -2.19. The molecule has 1 saturated heterocycles. The van der Waals surface area contributed by atoms with Gasteiger partial charge in [0.05, 0.1) is 18.1 Å². The fourth-order valence-electron chi connectivity index (χ4n) is 6.97. The van der Waals surface area contributed by atoms with Crippen LogP contribution in [0.5, 0.6) is 0 Å². The molecule has 0 aromatic carbocycles. The van der Waals surface area contributed by atoms with Gasteiger partial charge in [-0.3, -0.25) is 4.79 Å². The number of epoxide rings is 1. The molecule has 0 aromatic rings. The van der Waals surface area contributed by atoms with E-state index >= 15 is 0 Å². The average molecular weight is 491 g/mol. The molecular formula is C27H38O8. The fourth-order valence-corrected chi connectivity index (χ4v) is 6.97. The fraction of sp³-hybridized carbons (Fsp3) is 0.741. The highest BCUT2D eigenvalue weighted by Crippen LogP contribution is 2.68. The molecule has 1 spiro atoms. The summed E-state index contributed by atoms with van der Waals surface area (Å²) >= 11 is 0. The molecule has 4 rings (SSSR count). The summed E-state index contributed by atoms with van der Waals surface area (Å²) in [5.74, 6) is -1.20. The lowest BCUT2D eigenvalue weighted by Crippen LogP contribution is -2.66. The van der Waals surface area contributed by atoms with Crippen LogP contribution in [-0.2, 0) is 33.3 Å². The van der Waals surface area contributed by atoms with Crippen molar-refractivity contribution in [2.45, 2.75) is 84.5 Å². The third-order valence-corrected chi connectivity index (χ3v) is 9.37. The Morgan fingerprint density at radius 1 is 1.34 bits per heavy atom. The lowest BCUT2D eigenvalue weighted by atomic mass is 9.43. The molecule has 0 unspecified atom stereocenters. The van der Waals surface area contributed by atoms with Crippen LogP contribution in [0.4, 0.5) is 0 Å². The number of hydrogen-bond acceptors (Lipinski definition) is 8. The van der Waals surface area contributed by atoms with E-state index in [0.717, 1.165) is 19.3 Å². The van der Waals surface area contributed by atoms with Crippen molar-refractivity contribution in [2.75, 3.05) is 19.8 Å². The normalized spacial score (nSPS) is 39.4. The van der Waals surface area contributed by atoms with Gasteiger partial charge in [-0.15, -0.1) is 0 Å². The van der Waals surface area contributed by atoms with Gasteiger partial charge in [0.2, 0.25) is 0 Å². The molecule has 3 fully saturated rings. The number of esters is 3. The summed E-state index contributed by atoms with van der Waals surface area (Å²) in [5.41, 5.74) is -0.496. The Bertz CT molecular complexity index is 947. The zero-order valence-corrected chi connectivity index (χ0v) is 21.4. The molecule has 1 N–H and O–H groups in total. The van der Waals surface area contributed by atoms with Crippen molar-refractivity contribution in [1.82, 2.24) is 0 Å². The highest BCUT2D eigenvalue weighted by molar-refractivity contribution is 5.88. The Balaban J connectivity index is 1.73. The number of ether oxygens (including phenoxy) is 4. The second-order valence-corrected chi connectivity index (χ2v) is 11.1. The molecule has 2 saturated carbocycles. The minimum absolute atomic E-state index is 0.0352. The van der Waals surface area contributed by atoms with Crippen LogP contribution in [-0.4, -0.2) is 60.6 Å². The number of aliphatic hydroxyl groups is 1. The number of carbonyl (C=O) groups is 3. The molecule has 2 heterocycles. The lowest BCUT2D eigenvalue weighted by Gasteiger charge is -2.62. The molecule has 4 aliphatic rings. The SMILES string of the molecule is C/C=C(\C)C(=O)O[C@@H](C[C@@]1(C)[C@H](C)C[C@H](O)[C@]2(COC(C)=O)[C@@H]1CCC[C@]21CO1)C1=CC(=O)OC1. The zero-order chi connectivity index (χ0) is 25.6. The van der Waals surface area contributed by atoms with Gasteiger partial charge in [-0.25, -0.2) is 9.59 Å². The van der Waals surface area contributed by atoms with Gasteiger partial charge in [0.25, 0.3) is 0 Å². The maximum atomic E-state index is 12.8. The van der Waals surface area contributed by atoms with Crippen LogP contribution in [0.3, 0.4) is 0 Å². The Labute approximate surface area is 207 Å². The first kappa shape index (κ1) is 25.9. The molecule has 2 aliphatic heterocycles. The van der Waals surface area contributed by atoms with E-state index in [2.05, 4.69) is 13.8 Å². The van der Waals surface area contributed by atoms with Crippen molar-refractivity contribution < 1.29 is 38.4 Å². The molecule has 2 aliphatic carbocycles. The standard InChI is InChI=1S/C27H38O8/c1-6-16(2)24(31)35-20(19-11-23(30)32-13-19)12-25(5)17(3)10-22(29)27(15-33-18(4)28)21(25)8-7-9-26(27)14-34-26/h6,11,17,20-22,29H,7-10,12-15H2,1-5H3/b16-6+/t17-,20+,21-,22+,25+,26+,27+/m1/s1. The van der Waals surface area contributed by atoms with E-state index in [1.807, 2.05) is 0 Å². The van der Waals surface area contributed by atoms with Gasteiger partial charge in [-0.05, 0) is 56.8 Å². The van der Waals surface area contributed by atoms with Crippen LogP contribution < -0.4 is 0 Å². The molecule has 0 aromatic heterocycles. The highest BCUT2D eigenvalue weighted by atomic mass is 16.6. The topological polar surface area (TPSA) is 112 Å². The molecular weight excluding hydrogens is 452 g/mol. The molecule has 0 amide bonds. The van der Waals surface area contributed by atoms with Crippen molar-refractivity contribution in [2.24, 2.45) is 22.7 Å². The van der Waals surface area contributed by atoms with Crippen molar-refractivity contribution in [3.63, 3.8) is 0 Å². The Morgan fingerprint density at radius 2 is 2.06 bits per heavy atom. The Kier molecular flexibility index (Phi) is 6.92. The predicted molar refractivity (Wildman–Crippen MR) is 126 cm³/mol. The third-order valence-electron chi connectivity index (χ3n) is 9.37. The number of hydrogen-bond donors (Lipinski definition) is 1. The molecule has 194 valence electrons. The third kappa shape index (κ3) is 4.33. The van der Waals surface area contributed by atoms with Crippen LogP contribution in [0.15, 0.2) is 23.3 Å². The zero-order valence-electron chi connectivity index (χ0n) is 21.4. The predicted octanol–water partition coefficient (Wildman–Crippen LogP) is 3.26. The van der Waals surface area contributed by atoms with E-state index in [9.17, 15) is 19.5 Å². The summed E-state index contributed by atoms with van der Waals surface area (Å²) in [6, 6.07) is 0. The number of rotatable bonds is 7. The first-order chi connectivity index (χ1) is 16.5. The molecule has 7 atom stereocenters. The minimum atomic E-state index is -0.734. The second-order valence-electron chi connectivity index (χ2n) is 11.1. The smallest absolute Gasteiger partial charge is 0.333 e. The van der Waals surface area contributed by atoms with Crippen LogP contribution >= 0.6 is 0 Å². The summed E-state index contributed by atoms with van der Waals surface area (Å²) in [6.45, 7) is 9.89. The van der Waals surface area contributed by atoms with E-state index in [-0.39, 0.29) is 36.4 Å². The van der Waals surface area contributed by atoms with Gasteiger partial charge in [0.1, 0.15) is 24.9 Å². The first-order valence-corrected chi connectivity index (χ1v) is 12.7. The summed E-state index contributed by atoms with van der Waals surface area (Å²) in [5, 5.41) is 11.5. The van der Waals surface area contributed by atoms with E-state index in [0.29, 0.717) is 30.6 Å². The van der Waals surface area contributed by atoms with Crippen molar-refractivity contribution in [1.29, 1.82) is 0 Å². The molecule has 8 heteroatoms. The molecule has 0 bridgehead atoms. The quantitative estimate of drug-likeness (QED) is 0.251. The van der Waals surface area contributed by atoms with Crippen molar-refractivity contribution >= 4 is 17.9 Å². The van der Waals surface area contributed by atoms with E-state index in [4.69, 9.17) is 18.9 Å². The molecule has 8 nitrogen and oxygen atoms in total. The van der Waals surface area contributed by atoms with Crippen molar-refractivity contribution in [3.8, 4) is 0 Å². The second kappa shape index (κ2) is 9.36. The first-order valence-electron chi connectivity index (χ1n) is 12.7. The van der Waals surface area contributed by atoms with Gasteiger partial charge < -0.3 is 24.1 Å². The average Bonchev–Trinajstić information content (AvgIpc) is 3.45. The number of fused-ring (bicyclic) bond motifs is 2. The van der Waals surface area contributed by atoms with Gasteiger partial charge in [-0.2, -0.15) is 0 Å². The highest BCUT2D eigenvalue weighted by Gasteiger charge is 2.74. The maximum Gasteiger partial charge on any atom is 0.333 e. The summed E-state index contributed by atoms with van der Waals surface area (Å²) in [7, 11) is 0. The number of aliphatic hydroxyl groups excluding tert-OH is 1. The Morgan fingerprint density at radius 3 is 2.63 bits per heavy atom. The monoisotopic (exact) mass is 490 g/mol. The van der Waals surface area contributed by atoms with Gasteiger partial charge >= 0.3 is 17.9 Å². The van der Waals surface area contributed by atoms with Gasteiger partial charge in [-0.1, -0.05) is 26.3 Å². The van der Waals surface area contributed by atoms with Gasteiger partial charge in [0, 0.05) is 24.1 Å². The molecule has 35 heavy (non-hydrogen) atoms. The van der Waals surface area contributed by atoms with Crippen molar-refractivity contribution in [3.05, 3.63) is 23.3 Å². The minimum Gasteiger partial charge on any atom is -0.465 e. The largest absolute Gasteiger partial charge is 0.465 e. The van der Waals surface area contributed by atoms with Crippen LogP contribution in [0.25, 0.3) is 0 Å². The van der Waals surface area contributed by atoms with E-state index in [1.54, 1.807) is 19.9 Å². The van der Waals surface area contributed by atoms with Crippen LogP contribution in [0, 0.1) is 22.7 Å². The number of carbonyl (C=O) groups excluding carboxylic acids is 3. The summed E-state index contributed by atoms with van der Waals surface area (Å²) in [6.07, 6.45) is 5.38.